The van der Waals surface area contributed by atoms with Crippen molar-refractivity contribution < 1.29 is 34.0 Å². The maximum atomic E-state index is 14.1. The van der Waals surface area contributed by atoms with Crippen molar-refractivity contribution >= 4 is 11.8 Å². The first-order valence-electron chi connectivity index (χ1n) is 18.1. The number of nitrogens with one attached hydrogen (secondary N) is 2. The fourth-order valence-electron chi connectivity index (χ4n) is 7.30. The molecule has 2 fully saturated rings. The van der Waals surface area contributed by atoms with Gasteiger partial charge < -0.3 is 35.1 Å². The van der Waals surface area contributed by atoms with Crippen LogP contribution in [0.5, 0.6) is 5.75 Å². The van der Waals surface area contributed by atoms with E-state index in [-0.39, 0.29) is 24.2 Å². The molecule has 268 valence electrons. The molecule has 10 nitrogen and oxygen atoms in total. The molecule has 6 rings (SSSR count). The minimum atomic E-state index is -1.00. The number of aliphatic hydroxyl groups is 2. The molecule has 3 aromatic carbocycles. The summed E-state index contributed by atoms with van der Waals surface area (Å²) in [7, 11) is 0. The van der Waals surface area contributed by atoms with E-state index in [1.54, 1.807) is 0 Å². The second kappa shape index (κ2) is 17.9. The minimum absolute atomic E-state index is 0.123. The van der Waals surface area contributed by atoms with Gasteiger partial charge in [-0.3, -0.25) is 14.5 Å². The average Bonchev–Trinajstić information content (AvgIpc) is 3.76. The van der Waals surface area contributed by atoms with Crippen molar-refractivity contribution in [2.45, 2.75) is 62.8 Å². The SMILES string of the molecule is O=C(C[C@H]1CCOC1)N[C@@H](Cc1ccccc1)[C@@H](O)C[C@@H](Cc1ccc(OCCN2CCOCC2)cc1)C(=O)N[C@H]1c2ccccc2C[C@H]1O. The lowest BCUT2D eigenvalue weighted by Gasteiger charge is -2.29. The van der Waals surface area contributed by atoms with Gasteiger partial charge in [0.15, 0.2) is 0 Å². The van der Waals surface area contributed by atoms with Crippen LogP contribution in [0.4, 0.5) is 0 Å². The molecule has 1 aliphatic carbocycles. The molecular formula is C40H51N3O7. The van der Waals surface area contributed by atoms with Gasteiger partial charge in [0.25, 0.3) is 0 Å². The summed E-state index contributed by atoms with van der Waals surface area (Å²) >= 11 is 0. The van der Waals surface area contributed by atoms with E-state index in [9.17, 15) is 19.8 Å². The van der Waals surface area contributed by atoms with E-state index in [0.29, 0.717) is 45.5 Å². The molecule has 2 saturated heterocycles. The Morgan fingerprint density at radius 1 is 0.900 bits per heavy atom. The number of hydrogen-bond donors (Lipinski definition) is 4. The van der Waals surface area contributed by atoms with Gasteiger partial charge >= 0.3 is 0 Å². The number of aliphatic hydroxyl groups excluding tert-OH is 2. The van der Waals surface area contributed by atoms with Gasteiger partial charge in [-0.1, -0.05) is 66.7 Å². The molecule has 0 radical (unpaired) electrons. The predicted octanol–water partition coefficient (Wildman–Crippen LogP) is 3.24. The molecule has 4 N–H and O–H groups in total. The Kier molecular flexibility index (Phi) is 12.9. The molecule has 0 saturated carbocycles. The molecule has 50 heavy (non-hydrogen) atoms. The number of fused-ring (bicyclic) bond motifs is 1. The monoisotopic (exact) mass is 685 g/mol. The quantitative estimate of drug-likeness (QED) is 0.181. The van der Waals surface area contributed by atoms with E-state index in [1.807, 2.05) is 78.9 Å². The summed E-state index contributed by atoms with van der Waals surface area (Å²) in [6.45, 7) is 5.95. The Bertz CT molecular complexity index is 1510. The molecule has 0 unspecified atom stereocenters. The van der Waals surface area contributed by atoms with E-state index in [2.05, 4.69) is 15.5 Å². The number of benzene rings is 3. The maximum absolute atomic E-state index is 14.1. The van der Waals surface area contributed by atoms with Crippen LogP contribution in [0.3, 0.4) is 0 Å². The first kappa shape index (κ1) is 36.0. The van der Waals surface area contributed by atoms with Gasteiger partial charge in [-0.25, -0.2) is 0 Å². The number of morpholine rings is 1. The average molecular weight is 686 g/mol. The number of amides is 2. The van der Waals surface area contributed by atoms with Crippen molar-refractivity contribution in [3.05, 3.63) is 101 Å². The van der Waals surface area contributed by atoms with E-state index >= 15 is 0 Å². The highest BCUT2D eigenvalue weighted by molar-refractivity contribution is 5.80. The minimum Gasteiger partial charge on any atom is -0.492 e. The van der Waals surface area contributed by atoms with Crippen molar-refractivity contribution in [3.8, 4) is 5.75 Å². The first-order valence-corrected chi connectivity index (χ1v) is 18.1. The fraction of sp³-hybridized carbons (Fsp3) is 0.500. The van der Waals surface area contributed by atoms with Gasteiger partial charge in [-0.15, -0.1) is 0 Å². The molecule has 6 atom stereocenters. The number of carbonyl (C=O) groups is 2. The number of carbonyl (C=O) groups excluding carboxylic acids is 2. The molecule has 10 heteroatoms. The van der Waals surface area contributed by atoms with Crippen molar-refractivity contribution in [3.63, 3.8) is 0 Å². The van der Waals surface area contributed by atoms with Crippen LogP contribution in [0.1, 0.15) is 47.6 Å². The van der Waals surface area contributed by atoms with Crippen molar-refractivity contribution in [1.29, 1.82) is 0 Å². The molecule has 3 aromatic rings. The zero-order valence-electron chi connectivity index (χ0n) is 28.8. The molecule has 2 aliphatic heterocycles. The third-order valence-electron chi connectivity index (χ3n) is 10.2. The largest absolute Gasteiger partial charge is 0.492 e. The third kappa shape index (κ3) is 10.1. The van der Waals surface area contributed by atoms with E-state index in [0.717, 1.165) is 67.3 Å². The highest BCUT2D eigenvalue weighted by Gasteiger charge is 2.35. The number of ether oxygens (including phenoxy) is 3. The molecule has 0 aromatic heterocycles. The van der Waals surface area contributed by atoms with E-state index < -0.39 is 30.2 Å². The van der Waals surface area contributed by atoms with Crippen molar-refractivity contribution in [2.24, 2.45) is 11.8 Å². The van der Waals surface area contributed by atoms with Crippen LogP contribution in [-0.4, -0.2) is 97.8 Å². The summed E-state index contributed by atoms with van der Waals surface area (Å²) < 4.78 is 16.9. The highest BCUT2D eigenvalue weighted by atomic mass is 16.5. The van der Waals surface area contributed by atoms with E-state index in [4.69, 9.17) is 14.2 Å². The number of nitrogens with zero attached hydrogens (tertiary/aromatic N) is 1. The normalized spacial score (nSPS) is 22.3. The Morgan fingerprint density at radius 2 is 1.64 bits per heavy atom. The summed E-state index contributed by atoms with van der Waals surface area (Å²) in [4.78, 5) is 29.6. The summed E-state index contributed by atoms with van der Waals surface area (Å²) in [5.41, 5.74) is 3.84. The van der Waals surface area contributed by atoms with Crippen LogP contribution in [0.15, 0.2) is 78.9 Å². The van der Waals surface area contributed by atoms with Crippen LogP contribution >= 0.6 is 0 Å². The maximum Gasteiger partial charge on any atom is 0.224 e. The lowest BCUT2D eigenvalue weighted by Crippen LogP contribution is -2.47. The van der Waals surface area contributed by atoms with Crippen LogP contribution in [0.25, 0.3) is 0 Å². The summed E-state index contributed by atoms with van der Waals surface area (Å²) in [5, 5.41) is 28.9. The molecule has 0 spiro atoms. The Labute approximate surface area is 295 Å². The van der Waals surface area contributed by atoms with Gasteiger partial charge in [0, 0.05) is 51.6 Å². The van der Waals surface area contributed by atoms with Crippen molar-refractivity contribution in [1.82, 2.24) is 15.5 Å². The number of rotatable bonds is 16. The lowest BCUT2D eigenvalue weighted by molar-refractivity contribution is -0.127. The zero-order valence-corrected chi connectivity index (χ0v) is 28.8. The standard InChI is InChI=1S/C40H51N3O7/c44-36(35(23-28-6-2-1-3-7-28)41-38(46)24-30-14-18-49-27-30)26-32(40(47)42-39-34-9-5-4-8-31(34)25-37(39)45)22-29-10-12-33(13-11-29)50-21-17-43-15-19-48-20-16-43/h1-13,30,32,35-37,39,44-45H,14-27H2,(H,41,46)(H,42,47)/t30-,32-,35+,36+,37-,39+/m1/s1. The second-order valence-corrected chi connectivity index (χ2v) is 13.9. The van der Waals surface area contributed by atoms with Gasteiger partial charge in [-0.05, 0) is 66.0 Å². The lowest BCUT2D eigenvalue weighted by atomic mass is 9.88. The van der Waals surface area contributed by atoms with Crippen LogP contribution in [0.2, 0.25) is 0 Å². The zero-order chi connectivity index (χ0) is 34.7. The van der Waals surface area contributed by atoms with Gasteiger partial charge in [0.2, 0.25) is 11.8 Å². The molecular weight excluding hydrogens is 634 g/mol. The van der Waals surface area contributed by atoms with Crippen LogP contribution in [0, 0.1) is 11.8 Å². The summed E-state index contributed by atoms with van der Waals surface area (Å²) in [5.74, 6) is -0.0847. The topological polar surface area (TPSA) is 130 Å². The third-order valence-corrected chi connectivity index (χ3v) is 10.2. The predicted molar refractivity (Wildman–Crippen MR) is 190 cm³/mol. The van der Waals surface area contributed by atoms with E-state index in [1.165, 1.54) is 0 Å². The Morgan fingerprint density at radius 3 is 2.40 bits per heavy atom. The molecule has 3 aliphatic rings. The first-order chi connectivity index (χ1) is 24.4. The van der Waals surface area contributed by atoms with Crippen LogP contribution in [-0.2, 0) is 38.3 Å². The van der Waals surface area contributed by atoms with Crippen LogP contribution < -0.4 is 15.4 Å². The molecule has 0 bridgehead atoms. The smallest absolute Gasteiger partial charge is 0.224 e. The summed E-state index contributed by atoms with van der Waals surface area (Å²) in [6, 6.07) is 24.2. The van der Waals surface area contributed by atoms with Gasteiger partial charge in [0.05, 0.1) is 37.5 Å². The summed E-state index contributed by atoms with van der Waals surface area (Å²) in [6.07, 6.45) is 0.828. The number of hydrogen-bond acceptors (Lipinski definition) is 8. The fourth-order valence-corrected chi connectivity index (χ4v) is 7.30. The van der Waals surface area contributed by atoms with Crippen molar-refractivity contribution in [2.75, 3.05) is 52.7 Å². The van der Waals surface area contributed by atoms with Gasteiger partial charge in [-0.2, -0.15) is 0 Å². The van der Waals surface area contributed by atoms with Gasteiger partial charge in [0.1, 0.15) is 12.4 Å². The second-order valence-electron chi connectivity index (χ2n) is 13.9. The Hall–Kier alpha value is -3.80. The molecule has 2 heterocycles. The Balaban J connectivity index is 1.16. The highest BCUT2D eigenvalue weighted by Crippen LogP contribution is 2.32. The molecule has 2 amide bonds.